The molecule has 4 rings (SSSR count). The van der Waals surface area contributed by atoms with Crippen molar-refractivity contribution in [3.05, 3.63) is 65.7 Å². The first kappa shape index (κ1) is 26.3. The van der Waals surface area contributed by atoms with E-state index in [1.54, 1.807) is 4.90 Å². The summed E-state index contributed by atoms with van der Waals surface area (Å²) >= 11 is 0. The Labute approximate surface area is 215 Å². The molecule has 0 saturated carbocycles. The van der Waals surface area contributed by atoms with Gasteiger partial charge in [0.25, 0.3) is 0 Å². The Morgan fingerprint density at radius 1 is 1.03 bits per heavy atom. The molecule has 36 heavy (non-hydrogen) atoms. The van der Waals surface area contributed by atoms with E-state index in [9.17, 15) is 10.1 Å². The predicted octanol–water partition coefficient (Wildman–Crippen LogP) is 5.72. The van der Waals surface area contributed by atoms with E-state index >= 15 is 0 Å². The highest BCUT2D eigenvalue weighted by Crippen LogP contribution is 2.44. The maximum Gasteiger partial charge on any atom is 0.494 e. The monoisotopic (exact) mass is 488 g/mol. The zero-order valence-electron chi connectivity index (χ0n) is 22.5. The smallest absolute Gasteiger partial charge is 0.438 e. The van der Waals surface area contributed by atoms with Crippen LogP contribution in [0.15, 0.2) is 54.6 Å². The molecule has 2 aromatic carbocycles. The third-order valence-electron chi connectivity index (χ3n) is 8.02. The van der Waals surface area contributed by atoms with Gasteiger partial charge in [-0.25, -0.2) is 4.79 Å². The van der Waals surface area contributed by atoms with Gasteiger partial charge in [0.1, 0.15) is 5.60 Å². The number of hydrogen-bond acceptors (Lipinski definition) is 5. The summed E-state index contributed by atoms with van der Waals surface area (Å²) < 4.78 is 18.5. The molecule has 2 atom stereocenters. The molecule has 2 fully saturated rings. The van der Waals surface area contributed by atoms with Crippen molar-refractivity contribution in [3.8, 4) is 6.07 Å². The molecule has 0 aliphatic carbocycles. The number of benzene rings is 2. The van der Waals surface area contributed by atoms with E-state index in [4.69, 9.17) is 14.0 Å². The lowest BCUT2D eigenvalue weighted by Crippen LogP contribution is -2.50. The highest BCUT2D eigenvalue weighted by atomic mass is 16.7. The first-order valence-electron chi connectivity index (χ1n) is 12.7. The topological polar surface area (TPSA) is 71.8 Å². The standard InChI is InChI=1S/C29H37BN2O4/c1-21(22-13-15-24(16-14-22)30-35-27(4,5)28(6,7)36-30)32-18-17-29(34-25(32)33,19-26(2,3)20-31)23-11-9-8-10-12-23/h8-16,21H,17-19H2,1-7H3/t21-,29?/m0/s1. The maximum atomic E-state index is 13.4. The van der Waals surface area contributed by atoms with Crippen LogP contribution in [0.3, 0.4) is 0 Å². The van der Waals surface area contributed by atoms with Gasteiger partial charge in [-0.2, -0.15) is 5.26 Å². The fraction of sp³-hybridized carbons (Fsp3) is 0.517. The van der Waals surface area contributed by atoms with Crippen LogP contribution in [-0.4, -0.2) is 35.9 Å². The second-order valence-electron chi connectivity index (χ2n) is 11.8. The molecule has 0 spiro atoms. The van der Waals surface area contributed by atoms with Crippen LogP contribution in [0.5, 0.6) is 0 Å². The summed E-state index contributed by atoms with van der Waals surface area (Å²) in [4.78, 5) is 15.1. The minimum atomic E-state index is -0.825. The number of nitrogens with zero attached hydrogens (tertiary/aromatic N) is 2. The summed E-state index contributed by atoms with van der Waals surface area (Å²) in [5.74, 6) is 0. The van der Waals surface area contributed by atoms with Crippen molar-refractivity contribution < 1.29 is 18.8 Å². The van der Waals surface area contributed by atoms with E-state index < -0.39 is 29.3 Å². The van der Waals surface area contributed by atoms with Gasteiger partial charge in [-0.3, -0.25) is 0 Å². The van der Waals surface area contributed by atoms with Gasteiger partial charge in [-0.1, -0.05) is 54.6 Å². The second-order valence-corrected chi connectivity index (χ2v) is 11.8. The van der Waals surface area contributed by atoms with E-state index in [0.29, 0.717) is 19.4 Å². The molecule has 1 unspecified atom stereocenters. The molecule has 2 heterocycles. The minimum absolute atomic E-state index is 0.164. The summed E-state index contributed by atoms with van der Waals surface area (Å²) in [6.45, 7) is 14.5. The van der Waals surface area contributed by atoms with Crippen LogP contribution in [0.2, 0.25) is 0 Å². The molecule has 190 valence electrons. The lowest BCUT2D eigenvalue weighted by molar-refractivity contribution is -0.0770. The summed E-state index contributed by atoms with van der Waals surface area (Å²) in [6, 6.07) is 20.1. The van der Waals surface area contributed by atoms with Gasteiger partial charge >= 0.3 is 13.2 Å². The molecular formula is C29H37BN2O4. The first-order valence-corrected chi connectivity index (χ1v) is 12.7. The molecular weight excluding hydrogens is 451 g/mol. The van der Waals surface area contributed by atoms with Crippen molar-refractivity contribution in [1.29, 1.82) is 5.26 Å². The average Bonchev–Trinajstić information content (AvgIpc) is 3.06. The molecule has 2 aliphatic rings. The normalized spacial score (nSPS) is 24.2. The van der Waals surface area contributed by atoms with Crippen molar-refractivity contribution >= 4 is 18.7 Å². The van der Waals surface area contributed by atoms with Crippen molar-refractivity contribution in [2.75, 3.05) is 6.54 Å². The maximum absolute atomic E-state index is 13.4. The molecule has 2 aliphatic heterocycles. The molecule has 0 aromatic heterocycles. The molecule has 2 saturated heterocycles. The Bertz CT molecular complexity index is 1120. The molecule has 2 aromatic rings. The third kappa shape index (κ3) is 4.90. The lowest BCUT2D eigenvalue weighted by atomic mass is 9.75. The Kier molecular flexibility index (Phi) is 6.74. The highest BCUT2D eigenvalue weighted by molar-refractivity contribution is 6.62. The molecule has 0 N–H and O–H groups in total. The third-order valence-corrected chi connectivity index (χ3v) is 8.02. The first-order chi connectivity index (χ1) is 16.8. The molecule has 7 heteroatoms. The quantitative estimate of drug-likeness (QED) is 0.486. The predicted molar refractivity (Wildman–Crippen MR) is 141 cm³/mol. The molecule has 6 nitrogen and oxygen atoms in total. The fourth-order valence-corrected chi connectivity index (χ4v) is 5.04. The largest absolute Gasteiger partial charge is 0.494 e. The van der Waals surface area contributed by atoms with Crippen LogP contribution in [0.25, 0.3) is 0 Å². The van der Waals surface area contributed by atoms with Gasteiger partial charge in [-0.05, 0) is 65.1 Å². The number of rotatable bonds is 6. The zero-order valence-corrected chi connectivity index (χ0v) is 22.5. The van der Waals surface area contributed by atoms with Gasteiger partial charge in [0, 0.05) is 19.4 Å². The van der Waals surface area contributed by atoms with Crippen LogP contribution in [0.1, 0.15) is 78.5 Å². The van der Waals surface area contributed by atoms with E-state index in [0.717, 1.165) is 16.6 Å². The highest BCUT2D eigenvalue weighted by Gasteiger charge is 2.52. The van der Waals surface area contributed by atoms with E-state index in [2.05, 4.69) is 6.07 Å². The van der Waals surface area contributed by atoms with Crippen molar-refractivity contribution in [1.82, 2.24) is 4.90 Å². The Morgan fingerprint density at radius 3 is 2.14 bits per heavy atom. The Morgan fingerprint density at radius 2 is 1.61 bits per heavy atom. The number of ether oxygens (including phenoxy) is 1. The Hall–Kier alpha value is -2.82. The van der Waals surface area contributed by atoms with E-state index in [-0.39, 0.29) is 12.1 Å². The number of amides is 1. The number of nitriles is 1. The minimum Gasteiger partial charge on any atom is -0.438 e. The van der Waals surface area contributed by atoms with Crippen LogP contribution in [0, 0.1) is 16.7 Å². The SMILES string of the molecule is C[C@@H](c1ccc(B2OC(C)(C)C(C)(C)O2)cc1)N1CCC(CC(C)(C)C#N)(c2ccccc2)OC1=O. The summed E-state index contributed by atoms with van der Waals surface area (Å²) in [6.07, 6.45) is 0.697. The van der Waals surface area contributed by atoms with Gasteiger partial charge in [-0.15, -0.1) is 0 Å². The van der Waals surface area contributed by atoms with Gasteiger partial charge in [0.05, 0.1) is 28.7 Å². The lowest BCUT2D eigenvalue weighted by Gasteiger charge is -2.45. The van der Waals surface area contributed by atoms with Crippen molar-refractivity contribution in [2.24, 2.45) is 5.41 Å². The molecule has 0 radical (unpaired) electrons. The van der Waals surface area contributed by atoms with Crippen LogP contribution < -0.4 is 5.46 Å². The second kappa shape index (κ2) is 9.25. The number of carbonyl (C=O) groups is 1. The van der Waals surface area contributed by atoms with Crippen molar-refractivity contribution in [2.45, 2.75) is 84.2 Å². The van der Waals surface area contributed by atoms with Gasteiger partial charge in [0.15, 0.2) is 0 Å². The van der Waals surface area contributed by atoms with E-state index in [1.165, 1.54) is 0 Å². The summed E-state index contributed by atoms with van der Waals surface area (Å²) in [7, 11) is -0.422. The average molecular weight is 488 g/mol. The number of cyclic esters (lactones) is 1. The molecule has 0 bridgehead atoms. The Balaban J connectivity index is 1.51. The van der Waals surface area contributed by atoms with Gasteiger partial charge < -0.3 is 18.9 Å². The van der Waals surface area contributed by atoms with Crippen LogP contribution in [0.4, 0.5) is 4.79 Å². The van der Waals surface area contributed by atoms with Crippen LogP contribution in [-0.2, 0) is 19.6 Å². The van der Waals surface area contributed by atoms with Crippen LogP contribution >= 0.6 is 0 Å². The number of hydrogen-bond donors (Lipinski definition) is 0. The zero-order chi connectivity index (χ0) is 26.4. The number of carbonyl (C=O) groups excluding carboxylic acids is 1. The van der Waals surface area contributed by atoms with E-state index in [1.807, 2.05) is 103 Å². The molecule has 1 amide bonds. The van der Waals surface area contributed by atoms with Crippen molar-refractivity contribution in [3.63, 3.8) is 0 Å². The fourth-order valence-electron chi connectivity index (χ4n) is 5.04. The summed E-state index contributed by atoms with van der Waals surface area (Å²) in [5, 5.41) is 9.68. The summed E-state index contributed by atoms with van der Waals surface area (Å²) in [5.41, 5.74) is 0.644. The van der Waals surface area contributed by atoms with Gasteiger partial charge in [0.2, 0.25) is 0 Å².